The summed E-state index contributed by atoms with van der Waals surface area (Å²) in [5.74, 6) is 0.863. The summed E-state index contributed by atoms with van der Waals surface area (Å²) in [5, 5.41) is 4.37. The van der Waals surface area contributed by atoms with Gasteiger partial charge in [-0.05, 0) is 54.8 Å². The van der Waals surface area contributed by atoms with Crippen LogP contribution in [0.4, 0.5) is 5.69 Å². The molecule has 0 aliphatic rings. The molecule has 0 aliphatic carbocycles. The van der Waals surface area contributed by atoms with Gasteiger partial charge in [-0.3, -0.25) is 5.43 Å². The molecule has 0 unspecified atom stereocenters. The second-order valence-corrected chi connectivity index (χ2v) is 5.97. The Balaban J connectivity index is 1.66. The number of para-hydroxylation sites is 1. The van der Waals surface area contributed by atoms with E-state index in [1.807, 2.05) is 60.8 Å². The van der Waals surface area contributed by atoms with Crippen molar-refractivity contribution in [1.82, 2.24) is 0 Å². The zero-order chi connectivity index (χ0) is 17.5. The van der Waals surface area contributed by atoms with Crippen molar-refractivity contribution >= 4 is 11.9 Å². The van der Waals surface area contributed by atoms with Gasteiger partial charge in [0.1, 0.15) is 12.4 Å². The van der Waals surface area contributed by atoms with Crippen LogP contribution in [0.3, 0.4) is 0 Å². The molecule has 0 heterocycles. The van der Waals surface area contributed by atoms with Crippen molar-refractivity contribution in [3.05, 3.63) is 95.1 Å². The lowest BCUT2D eigenvalue weighted by Gasteiger charge is -2.09. The predicted molar refractivity (Wildman–Crippen MR) is 104 cm³/mol. The maximum Gasteiger partial charge on any atom is 0.119 e. The molecule has 0 atom stereocenters. The Bertz CT molecular complexity index is 857. The number of nitrogens with one attached hydrogen (secondary N) is 1. The topological polar surface area (TPSA) is 33.6 Å². The largest absolute Gasteiger partial charge is 0.489 e. The second kappa shape index (κ2) is 8.15. The monoisotopic (exact) mass is 330 g/mol. The second-order valence-electron chi connectivity index (χ2n) is 5.97. The van der Waals surface area contributed by atoms with Crippen molar-refractivity contribution in [2.45, 2.75) is 20.5 Å². The third-order valence-electron chi connectivity index (χ3n) is 4.10. The summed E-state index contributed by atoms with van der Waals surface area (Å²) in [6.07, 6.45) is 1.83. The number of hydrogen-bond donors (Lipinski definition) is 1. The minimum atomic E-state index is 0.510. The number of benzene rings is 3. The number of rotatable bonds is 6. The number of anilines is 1. The van der Waals surface area contributed by atoms with Gasteiger partial charge in [0.25, 0.3) is 0 Å². The van der Waals surface area contributed by atoms with Gasteiger partial charge in [0.2, 0.25) is 0 Å². The molecule has 3 heteroatoms. The standard InChI is InChI=1S/C22H22N2O/c1-17-12-13-21(14-18(17)2)24-23-15-19-8-6-7-9-20(19)16-25-22-10-4-3-5-11-22/h3-15,24H,16H2,1-2H3/b23-15+. The Morgan fingerprint density at radius 1 is 0.880 bits per heavy atom. The molecule has 3 aromatic carbocycles. The van der Waals surface area contributed by atoms with E-state index in [1.165, 1.54) is 11.1 Å². The molecule has 0 radical (unpaired) electrons. The molecule has 0 fully saturated rings. The van der Waals surface area contributed by atoms with E-state index in [0.29, 0.717) is 6.61 Å². The minimum Gasteiger partial charge on any atom is -0.489 e. The number of nitrogens with zero attached hydrogens (tertiary/aromatic N) is 1. The smallest absolute Gasteiger partial charge is 0.119 e. The van der Waals surface area contributed by atoms with Crippen molar-refractivity contribution in [2.24, 2.45) is 5.10 Å². The quantitative estimate of drug-likeness (QED) is 0.489. The fourth-order valence-corrected chi connectivity index (χ4v) is 2.46. The summed E-state index contributed by atoms with van der Waals surface area (Å²) in [4.78, 5) is 0. The summed E-state index contributed by atoms with van der Waals surface area (Å²) in [6.45, 7) is 4.71. The van der Waals surface area contributed by atoms with E-state index in [1.54, 1.807) is 0 Å². The molecule has 0 spiro atoms. The third kappa shape index (κ3) is 4.70. The highest BCUT2D eigenvalue weighted by atomic mass is 16.5. The van der Waals surface area contributed by atoms with E-state index >= 15 is 0 Å². The highest BCUT2D eigenvalue weighted by Crippen LogP contribution is 2.15. The molecule has 0 aliphatic heterocycles. The first-order valence-electron chi connectivity index (χ1n) is 8.34. The van der Waals surface area contributed by atoms with Crippen LogP contribution in [0.5, 0.6) is 5.75 Å². The molecule has 3 nitrogen and oxygen atoms in total. The molecule has 0 saturated carbocycles. The fourth-order valence-electron chi connectivity index (χ4n) is 2.46. The highest BCUT2D eigenvalue weighted by Gasteiger charge is 2.01. The zero-order valence-electron chi connectivity index (χ0n) is 14.6. The predicted octanol–water partition coefficient (Wildman–Crippen LogP) is 5.33. The average Bonchev–Trinajstić information content (AvgIpc) is 2.65. The highest BCUT2D eigenvalue weighted by molar-refractivity contribution is 5.82. The maximum atomic E-state index is 5.84. The van der Waals surface area contributed by atoms with Crippen LogP contribution >= 0.6 is 0 Å². The molecule has 0 amide bonds. The summed E-state index contributed by atoms with van der Waals surface area (Å²) < 4.78 is 5.84. The molecule has 126 valence electrons. The van der Waals surface area contributed by atoms with Gasteiger partial charge >= 0.3 is 0 Å². The molecule has 1 N–H and O–H groups in total. The molecule has 0 aromatic heterocycles. The van der Waals surface area contributed by atoms with Crippen molar-refractivity contribution in [3.8, 4) is 5.75 Å². The van der Waals surface area contributed by atoms with E-state index in [0.717, 1.165) is 22.6 Å². The number of ether oxygens (including phenoxy) is 1. The molecule has 0 bridgehead atoms. The SMILES string of the molecule is Cc1ccc(N/N=C/c2ccccc2COc2ccccc2)cc1C. The summed E-state index contributed by atoms with van der Waals surface area (Å²) in [5.41, 5.74) is 8.73. The van der Waals surface area contributed by atoms with Crippen LogP contribution in [0.25, 0.3) is 0 Å². The van der Waals surface area contributed by atoms with E-state index in [9.17, 15) is 0 Å². The van der Waals surface area contributed by atoms with Gasteiger partial charge in [-0.2, -0.15) is 5.10 Å². The number of hydrazone groups is 1. The normalized spacial score (nSPS) is 10.8. The molecule has 3 rings (SSSR count). The van der Waals surface area contributed by atoms with Crippen molar-refractivity contribution < 1.29 is 4.74 Å². The summed E-state index contributed by atoms with van der Waals surface area (Å²) in [7, 11) is 0. The van der Waals surface area contributed by atoms with Gasteiger partial charge in [0.05, 0.1) is 11.9 Å². The van der Waals surface area contributed by atoms with Gasteiger partial charge in [-0.25, -0.2) is 0 Å². The van der Waals surface area contributed by atoms with Gasteiger partial charge in [-0.15, -0.1) is 0 Å². The van der Waals surface area contributed by atoms with Gasteiger partial charge in [0.15, 0.2) is 0 Å². The fraction of sp³-hybridized carbons (Fsp3) is 0.136. The van der Waals surface area contributed by atoms with Crippen LogP contribution < -0.4 is 10.2 Å². The van der Waals surface area contributed by atoms with Crippen LogP contribution in [0, 0.1) is 13.8 Å². The molecule has 0 saturated heterocycles. The summed E-state index contributed by atoms with van der Waals surface area (Å²) >= 11 is 0. The number of aryl methyl sites for hydroxylation is 2. The van der Waals surface area contributed by atoms with Crippen LogP contribution in [0.2, 0.25) is 0 Å². The molecule has 3 aromatic rings. The van der Waals surface area contributed by atoms with Crippen LogP contribution in [-0.4, -0.2) is 6.21 Å². The van der Waals surface area contributed by atoms with Crippen molar-refractivity contribution in [3.63, 3.8) is 0 Å². The van der Waals surface area contributed by atoms with Crippen LogP contribution in [0.15, 0.2) is 77.9 Å². The number of hydrogen-bond acceptors (Lipinski definition) is 3. The molecular formula is C22H22N2O. The Morgan fingerprint density at radius 3 is 2.44 bits per heavy atom. The first-order valence-corrected chi connectivity index (χ1v) is 8.34. The van der Waals surface area contributed by atoms with Gasteiger partial charge in [-0.1, -0.05) is 48.5 Å². The van der Waals surface area contributed by atoms with Crippen LogP contribution in [0.1, 0.15) is 22.3 Å². The Morgan fingerprint density at radius 2 is 1.64 bits per heavy atom. The van der Waals surface area contributed by atoms with Gasteiger partial charge in [0, 0.05) is 5.56 Å². The van der Waals surface area contributed by atoms with Crippen molar-refractivity contribution in [2.75, 3.05) is 5.43 Å². The zero-order valence-corrected chi connectivity index (χ0v) is 14.6. The van der Waals surface area contributed by atoms with E-state index in [2.05, 4.69) is 42.6 Å². The van der Waals surface area contributed by atoms with Crippen LogP contribution in [-0.2, 0) is 6.61 Å². The van der Waals surface area contributed by atoms with Crippen molar-refractivity contribution in [1.29, 1.82) is 0 Å². The maximum absolute atomic E-state index is 5.84. The first-order chi connectivity index (χ1) is 12.2. The lowest BCUT2D eigenvalue weighted by atomic mass is 10.1. The molecular weight excluding hydrogens is 308 g/mol. The van der Waals surface area contributed by atoms with Gasteiger partial charge < -0.3 is 4.74 Å². The lowest BCUT2D eigenvalue weighted by Crippen LogP contribution is -2.00. The summed E-state index contributed by atoms with van der Waals surface area (Å²) in [6, 6.07) is 24.2. The Kier molecular flexibility index (Phi) is 5.47. The van der Waals surface area contributed by atoms with E-state index in [4.69, 9.17) is 4.74 Å². The lowest BCUT2D eigenvalue weighted by molar-refractivity contribution is 0.306. The first kappa shape index (κ1) is 16.8. The third-order valence-corrected chi connectivity index (χ3v) is 4.10. The van der Waals surface area contributed by atoms with E-state index in [-0.39, 0.29) is 0 Å². The Hall–Kier alpha value is -3.07. The molecule has 25 heavy (non-hydrogen) atoms. The average molecular weight is 330 g/mol. The van der Waals surface area contributed by atoms with E-state index < -0.39 is 0 Å². The Labute approximate surface area is 149 Å². The minimum absolute atomic E-state index is 0.510.